The van der Waals surface area contributed by atoms with E-state index in [4.69, 9.17) is 0 Å². The molecule has 1 heterocycles. The van der Waals surface area contributed by atoms with Gasteiger partial charge in [0.25, 0.3) is 0 Å². The summed E-state index contributed by atoms with van der Waals surface area (Å²) in [7, 11) is 2.17. The number of hydrogen-bond acceptors (Lipinski definition) is 4. The predicted octanol–water partition coefficient (Wildman–Crippen LogP) is 3.03. The Bertz CT molecular complexity index is 631. The summed E-state index contributed by atoms with van der Waals surface area (Å²) in [6.45, 7) is 2.08. The molecule has 1 saturated heterocycles. The summed E-state index contributed by atoms with van der Waals surface area (Å²) in [5.41, 5.74) is 6.76. The number of fused-ring (bicyclic) bond motifs is 2. The molecule has 1 aromatic carbocycles. The van der Waals surface area contributed by atoms with Gasteiger partial charge in [0, 0.05) is 30.4 Å². The summed E-state index contributed by atoms with van der Waals surface area (Å²) in [6, 6.07) is 2.85. The monoisotopic (exact) mass is 360 g/mol. The zero-order valence-corrected chi connectivity index (χ0v) is 15.8. The number of carbonyl (C=O) groups excluding carboxylic acids is 1. The van der Waals surface area contributed by atoms with Crippen molar-refractivity contribution in [1.82, 2.24) is 14.3 Å². The highest BCUT2D eigenvalue weighted by Gasteiger charge is 2.25. The first-order chi connectivity index (χ1) is 12.2. The minimum absolute atomic E-state index is 0.119. The van der Waals surface area contributed by atoms with Crippen LogP contribution in [0.25, 0.3) is 0 Å². The Labute approximate surface area is 154 Å². The van der Waals surface area contributed by atoms with Crippen LogP contribution in [0.5, 0.6) is 0 Å². The van der Waals surface area contributed by atoms with Gasteiger partial charge < -0.3 is 10.2 Å². The zero-order valence-electron chi connectivity index (χ0n) is 15.0. The summed E-state index contributed by atoms with van der Waals surface area (Å²) in [4.78, 5) is 14.8. The molecule has 1 unspecified atom stereocenters. The molecular formula is C19H28N4OS. The molecule has 2 aliphatic carbocycles. The molecule has 0 bridgehead atoms. The highest BCUT2D eigenvalue weighted by molar-refractivity contribution is 7.96. The average Bonchev–Trinajstić information content (AvgIpc) is 3.32. The molecule has 0 aromatic heterocycles. The van der Waals surface area contributed by atoms with E-state index in [0.29, 0.717) is 6.04 Å². The summed E-state index contributed by atoms with van der Waals surface area (Å²) in [6.07, 6.45) is 9.42. The standard InChI is InChI=1S/C19H28N4OS/c1-23-10-4-7-15(23)12-20-25-22-19(24)21-18-16-8-2-5-13(16)11-14-6-3-9-17(14)18/h11,15,20H,2-10,12H2,1H3,(H2,21,22,24). The van der Waals surface area contributed by atoms with E-state index >= 15 is 0 Å². The number of carbonyl (C=O) groups is 1. The molecule has 0 spiro atoms. The highest BCUT2D eigenvalue weighted by Crippen LogP contribution is 2.38. The van der Waals surface area contributed by atoms with Crippen LogP contribution < -0.4 is 14.8 Å². The summed E-state index contributed by atoms with van der Waals surface area (Å²) >= 11 is 1.30. The van der Waals surface area contributed by atoms with Gasteiger partial charge in [-0.3, -0.25) is 4.72 Å². The molecule has 1 atom stereocenters. The number of rotatable bonds is 5. The molecule has 136 valence electrons. The molecule has 6 heteroatoms. The van der Waals surface area contributed by atoms with Crippen LogP contribution >= 0.6 is 12.1 Å². The van der Waals surface area contributed by atoms with Crippen molar-refractivity contribution in [3.8, 4) is 0 Å². The Balaban J connectivity index is 1.32. The number of nitrogens with one attached hydrogen (secondary N) is 3. The van der Waals surface area contributed by atoms with Crippen molar-refractivity contribution in [1.29, 1.82) is 0 Å². The van der Waals surface area contributed by atoms with Crippen LogP contribution in [0.3, 0.4) is 0 Å². The smallest absolute Gasteiger partial charge is 0.307 e. The van der Waals surface area contributed by atoms with Crippen LogP contribution in [0.4, 0.5) is 10.5 Å². The number of amides is 2. The van der Waals surface area contributed by atoms with Gasteiger partial charge in [0.15, 0.2) is 0 Å². The number of aryl methyl sites for hydroxylation is 2. The number of likely N-dealkylation sites (tertiary alicyclic amines) is 1. The number of hydrogen-bond donors (Lipinski definition) is 3. The van der Waals surface area contributed by atoms with Crippen LogP contribution in [0.2, 0.25) is 0 Å². The summed E-state index contributed by atoms with van der Waals surface area (Å²) in [5.74, 6) is 0. The van der Waals surface area contributed by atoms with E-state index in [1.807, 2.05) is 0 Å². The zero-order chi connectivity index (χ0) is 17.2. The van der Waals surface area contributed by atoms with Gasteiger partial charge in [0.05, 0.1) is 0 Å². The van der Waals surface area contributed by atoms with E-state index in [0.717, 1.165) is 37.9 Å². The van der Waals surface area contributed by atoms with Gasteiger partial charge in [-0.25, -0.2) is 9.52 Å². The molecule has 2 amide bonds. The number of anilines is 1. The summed E-state index contributed by atoms with van der Waals surface area (Å²) in [5, 5.41) is 3.16. The van der Waals surface area contributed by atoms with Crippen LogP contribution in [0.1, 0.15) is 47.9 Å². The number of nitrogens with zero attached hydrogens (tertiary/aromatic N) is 1. The van der Waals surface area contributed by atoms with Crippen molar-refractivity contribution in [2.75, 3.05) is 25.5 Å². The van der Waals surface area contributed by atoms with Crippen LogP contribution in [-0.2, 0) is 25.7 Å². The fraction of sp³-hybridized carbons (Fsp3) is 0.632. The van der Waals surface area contributed by atoms with Gasteiger partial charge >= 0.3 is 6.03 Å². The molecule has 1 fully saturated rings. The fourth-order valence-corrected chi connectivity index (χ4v) is 5.06. The second-order valence-corrected chi connectivity index (χ2v) is 8.21. The molecule has 25 heavy (non-hydrogen) atoms. The topological polar surface area (TPSA) is 56.4 Å². The van der Waals surface area contributed by atoms with Crippen molar-refractivity contribution >= 4 is 23.9 Å². The van der Waals surface area contributed by atoms with Gasteiger partial charge in [0.1, 0.15) is 0 Å². The average molecular weight is 361 g/mol. The lowest BCUT2D eigenvalue weighted by Gasteiger charge is -2.19. The SMILES string of the molecule is CN1CCCC1CNSNC(=O)Nc1c2c(cc3c1CCC3)CCC2. The molecule has 4 rings (SSSR count). The van der Waals surface area contributed by atoms with E-state index in [2.05, 4.69) is 32.8 Å². The van der Waals surface area contributed by atoms with Crippen molar-refractivity contribution in [2.45, 2.75) is 57.4 Å². The third-order valence-corrected chi connectivity index (χ3v) is 6.52. The Morgan fingerprint density at radius 2 is 1.88 bits per heavy atom. The predicted molar refractivity (Wildman–Crippen MR) is 104 cm³/mol. The van der Waals surface area contributed by atoms with Crippen molar-refractivity contribution in [2.24, 2.45) is 0 Å². The molecule has 3 aliphatic rings. The minimum Gasteiger partial charge on any atom is -0.307 e. The van der Waals surface area contributed by atoms with Crippen molar-refractivity contribution in [3.05, 3.63) is 28.3 Å². The second kappa shape index (κ2) is 7.56. The van der Waals surface area contributed by atoms with E-state index in [1.54, 1.807) is 0 Å². The molecule has 3 N–H and O–H groups in total. The van der Waals surface area contributed by atoms with Gasteiger partial charge in [-0.15, -0.1) is 0 Å². The van der Waals surface area contributed by atoms with Crippen LogP contribution in [-0.4, -0.2) is 37.1 Å². The third-order valence-electron chi connectivity index (χ3n) is 5.92. The van der Waals surface area contributed by atoms with Gasteiger partial charge in [-0.2, -0.15) is 0 Å². The number of urea groups is 1. The van der Waals surface area contributed by atoms with Crippen LogP contribution in [0.15, 0.2) is 6.07 Å². The lowest BCUT2D eigenvalue weighted by atomic mass is 9.99. The third kappa shape index (κ3) is 3.66. The molecule has 5 nitrogen and oxygen atoms in total. The van der Waals surface area contributed by atoms with E-state index < -0.39 is 0 Å². The maximum atomic E-state index is 12.4. The second-order valence-electron chi connectivity index (χ2n) is 7.52. The van der Waals surface area contributed by atoms with E-state index in [1.165, 1.54) is 66.6 Å². The normalized spacial score (nSPS) is 22.0. The summed E-state index contributed by atoms with van der Waals surface area (Å²) < 4.78 is 6.17. The maximum absolute atomic E-state index is 12.4. The Morgan fingerprint density at radius 1 is 1.16 bits per heavy atom. The largest absolute Gasteiger partial charge is 0.330 e. The number of benzene rings is 1. The molecule has 1 aromatic rings. The lowest BCUT2D eigenvalue weighted by molar-refractivity contribution is 0.257. The molecular weight excluding hydrogens is 332 g/mol. The minimum atomic E-state index is -0.119. The first kappa shape index (κ1) is 17.2. The maximum Gasteiger partial charge on any atom is 0.330 e. The first-order valence-corrected chi connectivity index (χ1v) is 10.4. The molecule has 1 aliphatic heterocycles. The highest BCUT2D eigenvalue weighted by atomic mass is 32.2. The fourth-order valence-electron chi connectivity index (χ4n) is 4.56. The Kier molecular flexibility index (Phi) is 5.20. The van der Waals surface area contributed by atoms with Crippen molar-refractivity contribution in [3.63, 3.8) is 0 Å². The van der Waals surface area contributed by atoms with Crippen LogP contribution in [0, 0.1) is 0 Å². The Hall–Kier alpha value is -1.24. The van der Waals surface area contributed by atoms with Gasteiger partial charge in [0.2, 0.25) is 0 Å². The quantitative estimate of drug-likeness (QED) is 0.558. The molecule has 0 radical (unpaired) electrons. The van der Waals surface area contributed by atoms with E-state index in [9.17, 15) is 4.79 Å². The van der Waals surface area contributed by atoms with Gasteiger partial charge in [-0.1, -0.05) is 6.07 Å². The molecule has 0 saturated carbocycles. The number of likely N-dealkylation sites (N-methyl/N-ethyl adjacent to an activating group) is 1. The lowest BCUT2D eigenvalue weighted by Crippen LogP contribution is -2.35. The first-order valence-electron chi connectivity index (χ1n) is 9.55. The van der Waals surface area contributed by atoms with Crippen molar-refractivity contribution < 1.29 is 4.79 Å². The Morgan fingerprint density at radius 3 is 2.52 bits per heavy atom. The van der Waals surface area contributed by atoms with Gasteiger partial charge in [-0.05, 0) is 87.2 Å². The van der Waals surface area contributed by atoms with E-state index in [-0.39, 0.29) is 6.03 Å².